The number of hydrogen-bond acceptors (Lipinski definition) is 8. The number of cyclic esters (lactones) is 1. The van der Waals surface area contributed by atoms with E-state index < -0.39 is 23.7 Å². The molecule has 2 amide bonds. The number of nitrogens with zero attached hydrogens (tertiary/aromatic N) is 2. The van der Waals surface area contributed by atoms with Crippen LogP contribution >= 0.6 is 24.4 Å². The maximum Gasteiger partial charge on any atom is 0.329 e. The van der Waals surface area contributed by atoms with Crippen LogP contribution in [0.5, 0.6) is 0 Å². The van der Waals surface area contributed by atoms with Gasteiger partial charge in [-0.3, -0.25) is 14.6 Å². The molecule has 178 valence electrons. The van der Waals surface area contributed by atoms with E-state index in [0.717, 1.165) is 0 Å². The molecule has 0 saturated carbocycles. The summed E-state index contributed by atoms with van der Waals surface area (Å²) in [5.74, 6) is -0.336. The molecule has 2 N–H and O–H groups in total. The zero-order valence-corrected chi connectivity index (χ0v) is 20.7. The molecule has 0 spiro atoms. The maximum atomic E-state index is 13.2. The molecule has 1 aromatic heterocycles. The first-order chi connectivity index (χ1) is 15.7. The molecular formula is C23H30N4O4S2. The van der Waals surface area contributed by atoms with E-state index in [0.29, 0.717) is 34.4 Å². The minimum atomic E-state index is -1.03. The first kappa shape index (κ1) is 25.3. The number of ether oxygens (including phenoxy) is 1. The number of esters is 1. The zero-order valence-electron chi connectivity index (χ0n) is 19.0. The average molecular weight is 491 g/mol. The minimum Gasteiger partial charge on any atom is -0.456 e. The summed E-state index contributed by atoms with van der Waals surface area (Å²) in [5, 5.41) is 6.33. The molecule has 33 heavy (non-hydrogen) atoms. The number of nitrogens with one attached hydrogen (secondary N) is 2. The van der Waals surface area contributed by atoms with E-state index in [1.807, 2.05) is 38.1 Å². The van der Waals surface area contributed by atoms with Crippen LogP contribution < -0.4 is 10.6 Å². The Hall–Kier alpha value is -2.33. The predicted octanol–water partition coefficient (Wildman–Crippen LogP) is 2.28. The van der Waals surface area contributed by atoms with Crippen molar-refractivity contribution in [2.24, 2.45) is 10.9 Å². The van der Waals surface area contributed by atoms with E-state index in [4.69, 9.17) is 4.74 Å². The van der Waals surface area contributed by atoms with Crippen LogP contribution in [0.15, 0.2) is 35.3 Å². The summed E-state index contributed by atoms with van der Waals surface area (Å²) < 4.78 is 5.66. The highest BCUT2D eigenvalue weighted by atomic mass is 32.2. The number of aromatic nitrogens is 1. The lowest BCUT2D eigenvalue weighted by molar-refractivity contribution is -0.153. The number of amides is 2. The summed E-state index contributed by atoms with van der Waals surface area (Å²) in [4.78, 5) is 48.0. The molecule has 3 rings (SSSR count). The smallest absolute Gasteiger partial charge is 0.329 e. The Morgan fingerprint density at radius 1 is 1.33 bits per heavy atom. The minimum absolute atomic E-state index is 0.0342. The van der Waals surface area contributed by atoms with Gasteiger partial charge in [-0.2, -0.15) is 12.6 Å². The van der Waals surface area contributed by atoms with Crippen LogP contribution in [0.25, 0.3) is 0 Å². The van der Waals surface area contributed by atoms with Crippen molar-refractivity contribution in [1.29, 1.82) is 0 Å². The van der Waals surface area contributed by atoms with Crippen molar-refractivity contribution in [2.75, 3.05) is 11.5 Å². The van der Waals surface area contributed by atoms with Gasteiger partial charge in [-0.1, -0.05) is 26.0 Å². The highest BCUT2D eigenvalue weighted by molar-refractivity contribution is 8.14. The van der Waals surface area contributed by atoms with Crippen LogP contribution in [-0.4, -0.2) is 57.0 Å². The molecule has 0 fully saturated rings. The molecular weight excluding hydrogens is 460 g/mol. The number of hydrogen-bond donors (Lipinski definition) is 3. The number of carbonyl (C=O) groups is 3. The van der Waals surface area contributed by atoms with Gasteiger partial charge in [0.25, 0.3) is 0 Å². The molecule has 10 heteroatoms. The number of thioether (sulfide) groups is 1. The highest BCUT2D eigenvalue weighted by Gasteiger charge is 2.41. The largest absolute Gasteiger partial charge is 0.456 e. The van der Waals surface area contributed by atoms with Crippen LogP contribution in [0.1, 0.15) is 45.0 Å². The second kappa shape index (κ2) is 11.2. The Balaban J connectivity index is 1.95. The molecule has 2 aliphatic rings. The molecule has 0 unspecified atom stereocenters. The van der Waals surface area contributed by atoms with Crippen LogP contribution in [-0.2, 0) is 25.7 Å². The van der Waals surface area contributed by atoms with Crippen LogP contribution in [0, 0.1) is 5.92 Å². The third-order valence-electron chi connectivity index (χ3n) is 5.33. The summed E-state index contributed by atoms with van der Waals surface area (Å²) >= 11 is 5.63. The third-order valence-corrected chi connectivity index (χ3v) is 6.87. The van der Waals surface area contributed by atoms with E-state index >= 15 is 0 Å². The SMILES string of the molecule is CC(C)[C@@H]1NC(=O)[C@]2(C)CSC(=N2)c2cccc(n2)CNC(=O)C[C@@H](/C=C/CCS)OC1=O. The molecule has 0 radical (unpaired) electrons. The summed E-state index contributed by atoms with van der Waals surface area (Å²) in [6.07, 6.45) is 3.41. The number of aliphatic imine (C=N–C) groups is 1. The predicted molar refractivity (Wildman–Crippen MR) is 132 cm³/mol. The van der Waals surface area contributed by atoms with Crippen molar-refractivity contribution < 1.29 is 19.1 Å². The molecule has 4 bridgehead atoms. The van der Waals surface area contributed by atoms with Crippen molar-refractivity contribution in [3.8, 4) is 0 Å². The maximum absolute atomic E-state index is 13.2. The van der Waals surface area contributed by atoms with Gasteiger partial charge >= 0.3 is 5.97 Å². The zero-order chi connectivity index (χ0) is 24.0. The molecule has 3 heterocycles. The van der Waals surface area contributed by atoms with E-state index in [1.165, 1.54) is 11.8 Å². The van der Waals surface area contributed by atoms with Gasteiger partial charge in [0, 0.05) is 5.75 Å². The standard InChI is InChI=1S/C23H30N4O4S2/c1-14(2)19-21(29)31-16(8-4-5-10-32)11-18(28)24-12-15-7-6-9-17(25-15)20-27-23(3,13-33-20)22(30)26-19/h4,6-9,14,16,19,32H,5,10-13H2,1-3H3,(H,24,28)(H,26,30)/b8-4+/t16-,19+,23+/m1/s1. The quantitative estimate of drug-likeness (QED) is 0.339. The Morgan fingerprint density at radius 3 is 2.85 bits per heavy atom. The molecule has 2 aliphatic heterocycles. The van der Waals surface area contributed by atoms with E-state index in [1.54, 1.807) is 13.0 Å². The summed E-state index contributed by atoms with van der Waals surface area (Å²) in [6, 6.07) is 4.64. The van der Waals surface area contributed by atoms with E-state index in [-0.39, 0.29) is 30.7 Å². The summed E-state index contributed by atoms with van der Waals surface area (Å²) in [6.45, 7) is 5.65. The van der Waals surface area contributed by atoms with Crippen LogP contribution in [0.4, 0.5) is 0 Å². The normalized spacial score (nSPS) is 26.7. The fourth-order valence-corrected chi connectivity index (χ4v) is 4.66. The number of pyridine rings is 1. The lowest BCUT2D eigenvalue weighted by Crippen LogP contribution is -2.53. The Kier molecular flexibility index (Phi) is 8.58. The number of allylic oxidation sites excluding steroid dienone is 1. The van der Waals surface area contributed by atoms with Gasteiger partial charge in [-0.25, -0.2) is 9.78 Å². The number of thiol groups is 1. The van der Waals surface area contributed by atoms with Gasteiger partial charge in [-0.05, 0) is 43.2 Å². The number of fused-ring (bicyclic) bond motifs is 4. The van der Waals surface area contributed by atoms with Gasteiger partial charge in [0.05, 0.1) is 24.4 Å². The molecule has 0 saturated heterocycles. The second-order valence-electron chi connectivity index (χ2n) is 8.59. The number of carbonyl (C=O) groups excluding carboxylic acids is 3. The van der Waals surface area contributed by atoms with Crippen molar-refractivity contribution in [2.45, 2.75) is 57.8 Å². The van der Waals surface area contributed by atoms with E-state index in [2.05, 4.69) is 33.2 Å². The molecule has 0 aliphatic carbocycles. The van der Waals surface area contributed by atoms with Crippen molar-refractivity contribution in [3.05, 3.63) is 41.7 Å². The summed E-state index contributed by atoms with van der Waals surface area (Å²) in [5.41, 5.74) is 0.304. The molecule has 3 atom stereocenters. The van der Waals surface area contributed by atoms with Gasteiger partial charge < -0.3 is 15.4 Å². The van der Waals surface area contributed by atoms with E-state index in [9.17, 15) is 14.4 Å². The monoisotopic (exact) mass is 490 g/mol. The second-order valence-corrected chi connectivity index (χ2v) is 10.00. The fraction of sp³-hybridized carbons (Fsp3) is 0.522. The first-order valence-corrected chi connectivity index (χ1v) is 12.6. The first-order valence-electron chi connectivity index (χ1n) is 11.0. The van der Waals surface area contributed by atoms with Crippen molar-refractivity contribution >= 4 is 47.2 Å². The average Bonchev–Trinajstić information content (AvgIpc) is 3.19. The molecule has 0 aromatic carbocycles. The fourth-order valence-electron chi connectivity index (χ4n) is 3.37. The molecule has 8 nitrogen and oxygen atoms in total. The summed E-state index contributed by atoms with van der Waals surface area (Å²) in [7, 11) is 0. The van der Waals surface area contributed by atoms with Crippen molar-refractivity contribution in [3.63, 3.8) is 0 Å². The van der Waals surface area contributed by atoms with Gasteiger partial charge in [-0.15, -0.1) is 11.8 Å². The van der Waals surface area contributed by atoms with Crippen LogP contribution in [0.2, 0.25) is 0 Å². The Labute approximate surface area is 203 Å². The van der Waals surface area contributed by atoms with Crippen molar-refractivity contribution in [1.82, 2.24) is 15.6 Å². The van der Waals surface area contributed by atoms with Gasteiger partial charge in [0.1, 0.15) is 22.7 Å². The number of rotatable bonds is 4. The van der Waals surface area contributed by atoms with Crippen LogP contribution in [0.3, 0.4) is 0 Å². The highest BCUT2D eigenvalue weighted by Crippen LogP contribution is 2.31. The topological polar surface area (TPSA) is 110 Å². The Morgan fingerprint density at radius 2 is 2.12 bits per heavy atom. The van der Waals surface area contributed by atoms with Gasteiger partial charge in [0.2, 0.25) is 11.8 Å². The van der Waals surface area contributed by atoms with Gasteiger partial charge in [0.15, 0.2) is 0 Å². The lowest BCUT2D eigenvalue weighted by atomic mass is 10.0. The molecule has 1 aromatic rings. The third kappa shape index (κ3) is 6.60. The Bertz CT molecular complexity index is 966. The lowest BCUT2D eigenvalue weighted by Gasteiger charge is -2.27.